The van der Waals surface area contributed by atoms with Crippen LogP contribution in [0, 0.1) is 5.92 Å². The van der Waals surface area contributed by atoms with E-state index in [1.165, 1.54) is 24.3 Å². The number of rotatable bonds is 8. The van der Waals surface area contributed by atoms with E-state index in [4.69, 9.17) is 4.74 Å². The van der Waals surface area contributed by atoms with Crippen LogP contribution >= 0.6 is 11.8 Å². The molecule has 1 aliphatic heterocycles. The van der Waals surface area contributed by atoms with E-state index in [2.05, 4.69) is 26.6 Å². The van der Waals surface area contributed by atoms with Crippen LogP contribution in [0.5, 0.6) is 0 Å². The Morgan fingerprint density at radius 2 is 2.32 bits per heavy atom. The molecule has 0 atom stereocenters. The van der Waals surface area contributed by atoms with Gasteiger partial charge in [0.2, 0.25) is 5.95 Å². The molecule has 2 heterocycles. The van der Waals surface area contributed by atoms with Gasteiger partial charge in [0.25, 0.3) is 0 Å². The van der Waals surface area contributed by atoms with Crippen molar-refractivity contribution < 1.29 is 4.74 Å². The van der Waals surface area contributed by atoms with E-state index >= 15 is 0 Å². The lowest BCUT2D eigenvalue weighted by atomic mass is 10.0. The van der Waals surface area contributed by atoms with Gasteiger partial charge in [-0.15, -0.1) is 0 Å². The SMILES string of the molecule is CCOCCCn1ccnc1NCC1CCSCC1. The summed E-state index contributed by atoms with van der Waals surface area (Å²) in [5, 5.41) is 3.51. The Hall–Kier alpha value is -0.680. The number of nitrogens with one attached hydrogen (secondary N) is 1. The van der Waals surface area contributed by atoms with Crippen LogP contribution in [-0.4, -0.2) is 40.8 Å². The van der Waals surface area contributed by atoms with Crippen LogP contribution in [0.15, 0.2) is 12.4 Å². The number of hydrogen-bond acceptors (Lipinski definition) is 4. The lowest BCUT2D eigenvalue weighted by Crippen LogP contribution is -2.20. The molecular weight excluding hydrogens is 258 g/mol. The minimum Gasteiger partial charge on any atom is -0.382 e. The van der Waals surface area contributed by atoms with E-state index in [-0.39, 0.29) is 0 Å². The van der Waals surface area contributed by atoms with Gasteiger partial charge >= 0.3 is 0 Å². The molecule has 1 saturated heterocycles. The number of anilines is 1. The number of imidazole rings is 1. The molecule has 0 spiro atoms. The Bertz CT molecular complexity index is 350. The van der Waals surface area contributed by atoms with Gasteiger partial charge in [0.15, 0.2) is 0 Å². The molecule has 4 nitrogen and oxygen atoms in total. The van der Waals surface area contributed by atoms with Crippen molar-refractivity contribution in [3.63, 3.8) is 0 Å². The average molecular weight is 283 g/mol. The first-order valence-corrected chi connectivity index (χ1v) is 8.46. The number of aromatic nitrogens is 2. The van der Waals surface area contributed by atoms with E-state index in [0.717, 1.165) is 44.6 Å². The predicted octanol–water partition coefficient (Wildman–Crippen LogP) is 2.86. The Morgan fingerprint density at radius 3 is 3.11 bits per heavy atom. The number of hydrogen-bond donors (Lipinski definition) is 1. The summed E-state index contributed by atoms with van der Waals surface area (Å²) >= 11 is 2.08. The van der Waals surface area contributed by atoms with Crippen LogP contribution in [0.4, 0.5) is 5.95 Å². The third kappa shape index (κ3) is 5.07. The molecule has 108 valence electrons. The molecule has 2 rings (SSSR count). The van der Waals surface area contributed by atoms with Gasteiger partial charge in [-0.25, -0.2) is 4.98 Å². The van der Waals surface area contributed by atoms with E-state index in [0.29, 0.717) is 0 Å². The maximum absolute atomic E-state index is 5.37. The first kappa shape index (κ1) is 14.7. The van der Waals surface area contributed by atoms with Crippen LogP contribution in [0.25, 0.3) is 0 Å². The molecule has 0 aliphatic carbocycles. The van der Waals surface area contributed by atoms with Gasteiger partial charge in [-0.3, -0.25) is 0 Å². The zero-order valence-electron chi connectivity index (χ0n) is 11.8. The van der Waals surface area contributed by atoms with Crippen molar-refractivity contribution in [3.05, 3.63) is 12.4 Å². The molecule has 0 aromatic carbocycles. The van der Waals surface area contributed by atoms with Gasteiger partial charge < -0.3 is 14.6 Å². The van der Waals surface area contributed by atoms with Gasteiger partial charge in [-0.2, -0.15) is 11.8 Å². The topological polar surface area (TPSA) is 39.1 Å². The lowest BCUT2D eigenvalue weighted by Gasteiger charge is -2.22. The molecule has 0 saturated carbocycles. The van der Waals surface area contributed by atoms with Crippen molar-refractivity contribution in [2.45, 2.75) is 32.7 Å². The first-order chi connectivity index (χ1) is 9.40. The molecule has 0 radical (unpaired) electrons. The standard InChI is InChI=1S/C14H25N3OS/c1-2-18-9-3-7-17-8-6-15-14(17)16-12-13-4-10-19-11-5-13/h6,8,13H,2-5,7,9-12H2,1H3,(H,15,16). The summed E-state index contributed by atoms with van der Waals surface area (Å²) in [4.78, 5) is 4.41. The van der Waals surface area contributed by atoms with E-state index in [9.17, 15) is 0 Å². The van der Waals surface area contributed by atoms with Crippen LogP contribution in [0.1, 0.15) is 26.2 Å². The summed E-state index contributed by atoms with van der Waals surface area (Å²) in [5.41, 5.74) is 0. The van der Waals surface area contributed by atoms with Crippen LogP contribution in [-0.2, 0) is 11.3 Å². The van der Waals surface area contributed by atoms with Crippen molar-refractivity contribution >= 4 is 17.7 Å². The molecule has 0 amide bonds. The zero-order chi connectivity index (χ0) is 13.3. The second-order valence-corrected chi connectivity index (χ2v) is 6.16. The molecule has 1 aliphatic rings. The van der Waals surface area contributed by atoms with E-state index < -0.39 is 0 Å². The summed E-state index contributed by atoms with van der Waals surface area (Å²) in [6, 6.07) is 0. The third-order valence-electron chi connectivity index (χ3n) is 3.50. The van der Waals surface area contributed by atoms with Crippen LogP contribution in [0.2, 0.25) is 0 Å². The Morgan fingerprint density at radius 1 is 1.47 bits per heavy atom. The molecule has 5 heteroatoms. The molecule has 19 heavy (non-hydrogen) atoms. The minimum atomic E-state index is 0.800. The van der Waals surface area contributed by atoms with Crippen molar-refractivity contribution in [3.8, 4) is 0 Å². The number of nitrogens with zero attached hydrogens (tertiary/aromatic N) is 2. The summed E-state index contributed by atoms with van der Waals surface area (Å²) in [6.45, 7) is 5.70. The summed E-state index contributed by atoms with van der Waals surface area (Å²) in [6.07, 6.45) is 7.63. The molecule has 1 aromatic heterocycles. The van der Waals surface area contributed by atoms with Gasteiger partial charge in [0.05, 0.1) is 0 Å². The lowest BCUT2D eigenvalue weighted by molar-refractivity contribution is 0.142. The molecule has 1 N–H and O–H groups in total. The molecule has 0 bridgehead atoms. The highest BCUT2D eigenvalue weighted by Gasteiger charge is 2.14. The Labute approximate surface area is 120 Å². The third-order valence-corrected chi connectivity index (χ3v) is 4.55. The van der Waals surface area contributed by atoms with Crippen molar-refractivity contribution in [1.29, 1.82) is 0 Å². The second kappa shape index (κ2) is 8.48. The highest BCUT2D eigenvalue weighted by atomic mass is 32.2. The maximum atomic E-state index is 5.37. The molecule has 0 unspecified atom stereocenters. The number of ether oxygens (including phenoxy) is 1. The number of aryl methyl sites for hydroxylation is 1. The highest BCUT2D eigenvalue weighted by molar-refractivity contribution is 7.99. The van der Waals surface area contributed by atoms with Gasteiger partial charge in [-0.1, -0.05) is 0 Å². The second-order valence-electron chi connectivity index (χ2n) is 4.93. The van der Waals surface area contributed by atoms with Gasteiger partial charge in [0.1, 0.15) is 0 Å². The first-order valence-electron chi connectivity index (χ1n) is 7.30. The normalized spacial score (nSPS) is 16.7. The Kier molecular flexibility index (Phi) is 6.57. The predicted molar refractivity (Wildman–Crippen MR) is 81.9 cm³/mol. The van der Waals surface area contributed by atoms with E-state index in [1.807, 2.05) is 19.3 Å². The molecular formula is C14H25N3OS. The fourth-order valence-electron chi connectivity index (χ4n) is 2.32. The largest absolute Gasteiger partial charge is 0.382 e. The average Bonchev–Trinajstić information content (AvgIpc) is 2.90. The van der Waals surface area contributed by atoms with Crippen molar-refractivity contribution in [2.75, 3.05) is 36.6 Å². The monoisotopic (exact) mass is 283 g/mol. The van der Waals surface area contributed by atoms with Crippen LogP contribution in [0.3, 0.4) is 0 Å². The highest BCUT2D eigenvalue weighted by Crippen LogP contribution is 2.22. The maximum Gasteiger partial charge on any atom is 0.202 e. The van der Waals surface area contributed by atoms with Gasteiger partial charge in [0, 0.05) is 38.7 Å². The van der Waals surface area contributed by atoms with Crippen LogP contribution < -0.4 is 5.32 Å². The van der Waals surface area contributed by atoms with Crippen molar-refractivity contribution in [1.82, 2.24) is 9.55 Å². The fraction of sp³-hybridized carbons (Fsp3) is 0.786. The quantitative estimate of drug-likeness (QED) is 0.745. The fourth-order valence-corrected chi connectivity index (χ4v) is 3.53. The zero-order valence-corrected chi connectivity index (χ0v) is 12.6. The van der Waals surface area contributed by atoms with Gasteiger partial charge in [-0.05, 0) is 43.6 Å². The molecule has 1 fully saturated rings. The summed E-state index contributed by atoms with van der Waals surface area (Å²) in [7, 11) is 0. The minimum absolute atomic E-state index is 0.800. The Balaban J connectivity index is 1.72. The van der Waals surface area contributed by atoms with Crippen molar-refractivity contribution in [2.24, 2.45) is 5.92 Å². The summed E-state index contributed by atoms with van der Waals surface area (Å²) < 4.78 is 7.56. The smallest absolute Gasteiger partial charge is 0.202 e. The summed E-state index contributed by atoms with van der Waals surface area (Å²) in [5.74, 6) is 4.45. The number of thioether (sulfide) groups is 1. The van der Waals surface area contributed by atoms with E-state index in [1.54, 1.807) is 0 Å². The molecule has 1 aromatic rings.